The maximum absolute atomic E-state index is 13.4. The molecule has 37 heavy (non-hydrogen) atoms. The van der Waals surface area contributed by atoms with Crippen LogP contribution >= 0.6 is 11.6 Å². The Bertz CT molecular complexity index is 1220. The first-order valence-electron chi connectivity index (χ1n) is 12.2. The van der Waals surface area contributed by atoms with Crippen molar-refractivity contribution in [2.24, 2.45) is 0 Å². The third-order valence-corrected chi connectivity index (χ3v) is 7.01. The minimum absolute atomic E-state index is 0.213. The van der Waals surface area contributed by atoms with Crippen molar-refractivity contribution < 1.29 is 23.5 Å². The van der Waals surface area contributed by atoms with Gasteiger partial charge in [0.1, 0.15) is 12.4 Å². The second-order valence-corrected chi connectivity index (χ2v) is 9.56. The number of methoxy groups -OCH3 is 1. The van der Waals surface area contributed by atoms with E-state index in [0.717, 1.165) is 31.9 Å². The molecule has 1 fully saturated rings. The van der Waals surface area contributed by atoms with Crippen LogP contribution in [0.5, 0.6) is 0 Å². The van der Waals surface area contributed by atoms with Crippen LogP contribution in [0.1, 0.15) is 25.3 Å². The van der Waals surface area contributed by atoms with E-state index in [0.29, 0.717) is 39.7 Å². The summed E-state index contributed by atoms with van der Waals surface area (Å²) in [6, 6.07) is 13.6. The zero-order valence-corrected chi connectivity index (χ0v) is 22.0. The van der Waals surface area contributed by atoms with Crippen LogP contribution in [0, 0.1) is 5.82 Å². The van der Waals surface area contributed by atoms with E-state index < -0.39 is 17.9 Å². The van der Waals surface area contributed by atoms with Crippen molar-refractivity contribution >= 4 is 29.2 Å². The van der Waals surface area contributed by atoms with E-state index in [9.17, 15) is 14.0 Å². The van der Waals surface area contributed by atoms with Gasteiger partial charge in [0.25, 0.3) is 0 Å². The van der Waals surface area contributed by atoms with Gasteiger partial charge < -0.3 is 19.7 Å². The number of esters is 2. The van der Waals surface area contributed by atoms with Gasteiger partial charge in [-0.15, -0.1) is 0 Å². The zero-order valence-electron chi connectivity index (χ0n) is 21.2. The third-order valence-electron chi connectivity index (χ3n) is 6.77. The zero-order chi connectivity index (χ0) is 26.5. The van der Waals surface area contributed by atoms with Crippen LogP contribution in [0.3, 0.4) is 0 Å². The molecule has 196 valence electrons. The molecule has 0 amide bonds. The molecule has 7 nitrogen and oxygen atoms in total. The number of hydrogen-bond donors (Lipinski definition) is 1. The van der Waals surface area contributed by atoms with Crippen molar-refractivity contribution in [3.8, 4) is 0 Å². The topological polar surface area (TPSA) is 71.1 Å². The van der Waals surface area contributed by atoms with Gasteiger partial charge in [0.2, 0.25) is 0 Å². The number of nitrogens with zero attached hydrogens (tertiary/aromatic N) is 2. The van der Waals surface area contributed by atoms with Crippen molar-refractivity contribution in [3.63, 3.8) is 0 Å². The number of piperazine rings is 1. The highest BCUT2D eigenvalue weighted by molar-refractivity contribution is 6.30. The van der Waals surface area contributed by atoms with Gasteiger partial charge in [-0.25, -0.2) is 14.0 Å². The summed E-state index contributed by atoms with van der Waals surface area (Å²) in [5.41, 5.74) is 3.64. The molecule has 0 spiro atoms. The Morgan fingerprint density at radius 3 is 2.27 bits per heavy atom. The first-order valence-corrected chi connectivity index (χ1v) is 12.6. The van der Waals surface area contributed by atoms with E-state index in [1.54, 1.807) is 44.2 Å². The number of rotatable bonds is 7. The predicted molar refractivity (Wildman–Crippen MR) is 141 cm³/mol. The van der Waals surface area contributed by atoms with E-state index in [1.807, 2.05) is 6.07 Å². The molecule has 2 heterocycles. The van der Waals surface area contributed by atoms with Crippen LogP contribution in [0.4, 0.5) is 10.1 Å². The Morgan fingerprint density at radius 2 is 1.65 bits per heavy atom. The van der Waals surface area contributed by atoms with Gasteiger partial charge in [-0.2, -0.15) is 0 Å². The molecule has 2 aliphatic rings. The summed E-state index contributed by atoms with van der Waals surface area (Å²) in [5.74, 6) is -1.93. The summed E-state index contributed by atoms with van der Waals surface area (Å²) in [7, 11) is 1.32. The second kappa shape index (κ2) is 11.8. The Hall–Kier alpha value is -3.36. The lowest BCUT2D eigenvalue weighted by atomic mass is 9.80. The number of halogens is 2. The fourth-order valence-electron chi connectivity index (χ4n) is 4.89. The van der Waals surface area contributed by atoms with Crippen molar-refractivity contribution in [2.75, 3.05) is 51.3 Å². The summed E-state index contributed by atoms with van der Waals surface area (Å²) in [6.07, 6.45) is 0. The van der Waals surface area contributed by atoms with Gasteiger partial charge in [-0.1, -0.05) is 23.7 Å². The van der Waals surface area contributed by atoms with E-state index in [2.05, 4.69) is 15.1 Å². The molecule has 2 aliphatic heterocycles. The van der Waals surface area contributed by atoms with E-state index in [4.69, 9.17) is 21.1 Å². The minimum atomic E-state index is -0.667. The minimum Gasteiger partial charge on any atom is -0.466 e. The van der Waals surface area contributed by atoms with Gasteiger partial charge in [-0.3, -0.25) is 4.90 Å². The molecular formula is C28H31ClFN3O4. The highest BCUT2D eigenvalue weighted by Gasteiger charge is 2.38. The maximum atomic E-state index is 13.4. The molecule has 0 saturated carbocycles. The van der Waals surface area contributed by atoms with Crippen LogP contribution in [0.15, 0.2) is 71.1 Å². The molecule has 0 bridgehead atoms. The number of carbonyl (C=O) groups excluding carboxylic acids is 2. The predicted octanol–water partition coefficient (Wildman–Crippen LogP) is 4.25. The quantitative estimate of drug-likeness (QED) is 0.540. The van der Waals surface area contributed by atoms with Crippen LogP contribution < -0.4 is 10.2 Å². The molecular weight excluding hydrogens is 497 g/mol. The Labute approximate surface area is 221 Å². The third kappa shape index (κ3) is 6.14. The van der Waals surface area contributed by atoms with E-state index >= 15 is 0 Å². The monoisotopic (exact) mass is 527 g/mol. The molecule has 0 aromatic heterocycles. The van der Waals surface area contributed by atoms with Crippen molar-refractivity contribution in [1.82, 2.24) is 10.2 Å². The summed E-state index contributed by atoms with van der Waals surface area (Å²) >= 11 is 6.25. The van der Waals surface area contributed by atoms with Gasteiger partial charge >= 0.3 is 11.9 Å². The SMILES string of the molecule is COC(=O)C1=C(C)NC(C)=C(C(=O)OCCN2CCN(c3ccc(F)cc3)CC2)C1c1cccc(Cl)c1. The second-order valence-electron chi connectivity index (χ2n) is 9.12. The maximum Gasteiger partial charge on any atom is 0.336 e. The smallest absolute Gasteiger partial charge is 0.336 e. The number of hydrogen-bond acceptors (Lipinski definition) is 7. The van der Waals surface area contributed by atoms with Crippen molar-refractivity contribution in [3.05, 3.63) is 87.5 Å². The largest absolute Gasteiger partial charge is 0.466 e. The lowest BCUT2D eigenvalue weighted by Crippen LogP contribution is -2.47. The molecule has 1 N–H and O–H groups in total. The first kappa shape index (κ1) is 26.7. The fraction of sp³-hybridized carbons (Fsp3) is 0.357. The van der Waals surface area contributed by atoms with Gasteiger partial charge in [0.05, 0.1) is 24.2 Å². The van der Waals surface area contributed by atoms with Crippen molar-refractivity contribution in [2.45, 2.75) is 19.8 Å². The number of dihydropyridines is 1. The molecule has 1 saturated heterocycles. The lowest BCUT2D eigenvalue weighted by molar-refractivity contribution is -0.140. The number of nitrogens with one attached hydrogen (secondary N) is 1. The molecule has 1 unspecified atom stereocenters. The molecule has 2 aromatic carbocycles. The highest BCUT2D eigenvalue weighted by atomic mass is 35.5. The Kier molecular flexibility index (Phi) is 8.51. The van der Waals surface area contributed by atoms with Crippen LogP contribution in [0.2, 0.25) is 5.02 Å². The summed E-state index contributed by atoms with van der Waals surface area (Å²) in [4.78, 5) is 30.5. The molecule has 2 aromatic rings. The first-order chi connectivity index (χ1) is 17.8. The molecule has 9 heteroatoms. The number of carbonyl (C=O) groups is 2. The number of benzene rings is 2. The average Bonchev–Trinajstić information content (AvgIpc) is 2.88. The molecule has 1 atom stereocenters. The summed E-state index contributed by atoms with van der Waals surface area (Å²) in [6.45, 7) is 7.58. The van der Waals surface area contributed by atoms with Gasteiger partial charge in [-0.05, 0) is 55.8 Å². The number of ether oxygens (including phenoxy) is 2. The average molecular weight is 528 g/mol. The van der Waals surface area contributed by atoms with E-state index in [-0.39, 0.29) is 12.4 Å². The van der Waals surface area contributed by atoms with Crippen molar-refractivity contribution in [1.29, 1.82) is 0 Å². The fourth-order valence-corrected chi connectivity index (χ4v) is 5.09. The van der Waals surface area contributed by atoms with Crippen LogP contribution in [-0.2, 0) is 19.1 Å². The molecule has 4 rings (SSSR count). The van der Waals surface area contributed by atoms with E-state index in [1.165, 1.54) is 19.2 Å². The van der Waals surface area contributed by atoms with Crippen LogP contribution in [0.25, 0.3) is 0 Å². The number of anilines is 1. The Morgan fingerprint density at radius 1 is 1.00 bits per heavy atom. The Balaban J connectivity index is 1.41. The summed E-state index contributed by atoms with van der Waals surface area (Å²) < 4.78 is 24.0. The molecule has 0 radical (unpaired) electrons. The molecule has 0 aliphatic carbocycles. The van der Waals surface area contributed by atoms with Gasteiger partial charge in [0.15, 0.2) is 0 Å². The normalized spacial score (nSPS) is 18.5. The highest BCUT2D eigenvalue weighted by Crippen LogP contribution is 2.39. The summed E-state index contributed by atoms with van der Waals surface area (Å²) in [5, 5.41) is 3.64. The van der Waals surface area contributed by atoms with Crippen LogP contribution in [-0.4, -0.2) is 63.3 Å². The number of allylic oxidation sites excluding steroid dienone is 2. The standard InChI is InChI=1S/C28H31ClFN3O4/c1-18-24(27(34)36-3)26(20-5-4-6-21(29)17-20)25(19(2)31-18)28(35)37-16-15-32-11-13-33(14-12-32)23-9-7-22(30)8-10-23/h4-10,17,26,31H,11-16H2,1-3H3. The van der Waals surface area contributed by atoms with Gasteiger partial charge in [0, 0.05) is 54.8 Å². The lowest BCUT2D eigenvalue weighted by Gasteiger charge is -2.36.